The average Bonchev–Trinajstić information content (AvgIpc) is 3.24. The number of aliphatic hydroxyl groups is 1. The van der Waals surface area contributed by atoms with Crippen LogP contribution in [-0.2, 0) is 22.2 Å². The van der Waals surface area contributed by atoms with Crippen LogP contribution in [0.5, 0.6) is 0 Å². The van der Waals surface area contributed by atoms with Crippen LogP contribution in [0, 0.1) is 0 Å². The van der Waals surface area contributed by atoms with Crippen LogP contribution >= 0.6 is 0 Å². The standard InChI is InChI=1S/C28H27N3O5/c1-18(19-7-5-4-6-8-19)36-27(34)30-25-24(17-29-31(25)3)22-11-9-20(10-12-22)21-13-15-23(16-14-21)28(2,35)26(32)33/h4-18,35H,1-3H3,(H,30,34)(H,32,33). The monoisotopic (exact) mass is 485 g/mol. The summed E-state index contributed by atoms with van der Waals surface area (Å²) in [5.41, 5.74) is 2.61. The Morgan fingerprint density at radius 2 is 1.50 bits per heavy atom. The minimum atomic E-state index is -1.95. The number of amides is 1. The summed E-state index contributed by atoms with van der Waals surface area (Å²) < 4.78 is 7.11. The number of carboxylic acids is 1. The van der Waals surface area contributed by atoms with E-state index >= 15 is 0 Å². The molecule has 36 heavy (non-hydrogen) atoms. The zero-order valence-electron chi connectivity index (χ0n) is 20.2. The van der Waals surface area contributed by atoms with Gasteiger partial charge < -0.3 is 14.9 Å². The third-order valence-corrected chi connectivity index (χ3v) is 6.10. The number of carbonyl (C=O) groups excluding carboxylic acids is 1. The number of benzene rings is 3. The van der Waals surface area contributed by atoms with E-state index in [-0.39, 0.29) is 0 Å². The van der Waals surface area contributed by atoms with E-state index in [2.05, 4.69) is 10.4 Å². The van der Waals surface area contributed by atoms with Crippen LogP contribution in [0.3, 0.4) is 0 Å². The molecule has 0 aliphatic heterocycles. The van der Waals surface area contributed by atoms with Gasteiger partial charge >= 0.3 is 12.1 Å². The number of hydrogen-bond donors (Lipinski definition) is 3. The molecule has 3 aromatic carbocycles. The van der Waals surface area contributed by atoms with Gasteiger partial charge in [0.2, 0.25) is 0 Å². The lowest BCUT2D eigenvalue weighted by molar-refractivity contribution is -0.157. The maximum atomic E-state index is 12.6. The van der Waals surface area contributed by atoms with Gasteiger partial charge in [0.15, 0.2) is 5.60 Å². The lowest BCUT2D eigenvalue weighted by atomic mass is 9.93. The van der Waals surface area contributed by atoms with Crippen molar-refractivity contribution in [2.45, 2.75) is 25.6 Å². The van der Waals surface area contributed by atoms with E-state index in [1.54, 1.807) is 42.2 Å². The molecule has 0 fully saturated rings. The fraction of sp³-hybridized carbons (Fsp3) is 0.179. The van der Waals surface area contributed by atoms with Gasteiger partial charge in [-0.25, -0.2) is 9.59 Å². The zero-order valence-corrected chi connectivity index (χ0v) is 20.2. The van der Waals surface area contributed by atoms with Crippen LogP contribution < -0.4 is 5.32 Å². The highest BCUT2D eigenvalue weighted by atomic mass is 16.6. The Morgan fingerprint density at radius 1 is 0.944 bits per heavy atom. The van der Waals surface area contributed by atoms with Crippen molar-refractivity contribution in [3.05, 3.63) is 96.2 Å². The molecular weight excluding hydrogens is 458 g/mol. The highest BCUT2D eigenvalue weighted by Gasteiger charge is 2.31. The molecule has 0 aliphatic rings. The molecule has 0 aliphatic carbocycles. The van der Waals surface area contributed by atoms with E-state index in [0.29, 0.717) is 11.4 Å². The Kier molecular flexibility index (Phi) is 6.89. The molecule has 2 unspecified atom stereocenters. The second-order valence-electron chi connectivity index (χ2n) is 8.65. The number of carbonyl (C=O) groups is 2. The van der Waals surface area contributed by atoms with Crippen molar-refractivity contribution in [2.24, 2.45) is 7.05 Å². The van der Waals surface area contributed by atoms with Crippen molar-refractivity contribution in [1.82, 2.24) is 9.78 Å². The smallest absolute Gasteiger partial charge is 0.413 e. The molecular formula is C28H27N3O5. The summed E-state index contributed by atoms with van der Waals surface area (Å²) in [6, 6.07) is 23.9. The first kappa shape index (κ1) is 24.7. The van der Waals surface area contributed by atoms with Crippen molar-refractivity contribution in [3.63, 3.8) is 0 Å². The molecule has 1 aromatic heterocycles. The van der Waals surface area contributed by atoms with Gasteiger partial charge in [0.25, 0.3) is 0 Å². The fourth-order valence-electron chi connectivity index (χ4n) is 3.83. The number of aromatic nitrogens is 2. The van der Waals surface area contributed by atoms with Crippen LogP contribution in [0.4, 0.5) is 10.6 Å². The van der Waals surface area contributed by atoms with Gasteiger partial charge in [0.05, 0.1) is 6.20 Å². The van der Waals surface area contributed by atoms with Crippen molar-refractivity contribution >= 4 is 17.9 Å². The minimum absolute atomic E-state index is 0.301. The number of aryl methyl sites for hydroxylation is 1. The van der Waals surface area contributed by atoms with E-state index in [1.807, 2.05) is 61.5 Å². The number of aliphatic carboxylic acids is 1. The van der Waals surface area contributed by atoms with Gasteiger partial charge in [-0.05, 0) is 41.7 Å². The van der Waals surface area contributed by atoms with Crippen molar-refractivity contribution < 1.29 is 24.5 Å². The quantitative estimate of drug-likeness (QED) is 0.325. The van der Waals surface area contributed by atoms with Crippen molar-refractivity contribution in [1.29, 1.82) is 0 Å². The third-order valence-electron chi connectivity index (χ3n) is 6.10. The number of anilines is 1. The number of hydrogen-bond acceptors (Lipinski definition) is 5. The SMILES string of the molecule is CC(OC(=O)Nc1c(-c2ccc(-c3ccc(C(C)(O)C(=O)O)cc3)cc2)cnn1C)c1ccccc1. The number of nitrogens with zero attached hydrogens (tertiary/aromatic N) is 2. The maximum absolute atomic E-state index is 12.6. The van der Waals surface area contributed by atoms with E-state index < -0.39 is 23.8 Å². The van der Waals surface area contributed by atoms with Crippen LogP contribution in [-0.4, -0.2) is 32.1 Å². The molecule has 1 amide bonds. The van der Waals surface area contributed by atoms with E-state index in [0.717, 1.165) is 27.8 Å². The topological polar surface area (TPSA) is 114 Å². The first-order valence-corrected chi connectivity index (χ1v) is 11.4. The van der Waals surface area contributed by atoms with Gasteiger partial charge in [-0.3, -0.25) is 10.00 Å². The number of carboxylic acid groups (broad SMARTS) is 1. The van der Waals surface area contributed by atoms with E-state index in [9.17, 15) is 19.8 Å². The molecule has 0 spiro atoms. The van der Waals surface area contributed by atoms with E-state index in [1.165, 1.54) is 6.92 Å². The first-order valence-electron chi connectivity index (χ1n) is 11.4. The van der Waals surface area contributed by atoms with Crippen molar-refractivity contribution in [2.75, 3.05) is 5.32 Å². The van der Waals surface area contributed by atoms with Crippen LogP contribution in [0.2, 0.25) is 0 Å². The summed E-state index contributed by atoms with van der Waals surface area (Å²) in [5.74, 6) is -0.799. The molecule has 0 saturated carbocycles. The Hall–Kier alpha value is -4.43. The third kappa shape index (κ3) is 5.13. The molecule has 8 nitrogen and oxygen atoms in total. The zero-order chi connectivity index (χ0) is 25.9. The highest BCUT2D eigenvalue weighted by Crippen LogP contribution is 2.31. The van der Waals surface area contributed by atoms with Gasteiger partial charge in [-0.2, -0.15) is 5.10 Å². The van der Waals surface area contributed by atoms with Crippen molar-refractivity contribution in [3.8, 4) is 22.3 Å². The van der Waals surface area contributed by atoms with Gasteiger partial charge in [-0.15, -0.1) is 0 Å². The first-order chi connectivity index (χ1) is 17.2. The molecule has 3 N–H and O–H groups in total. The molecule has 0 radical (unpaired) electrons. The van der Waals surface area contributed by atoms with Crippen LogP contribution in [0.1, 0.15) is 31.1 Å². The summed E-state index contributed by atoms with van der Waals surface area (Å²) in [7, 11) is 1.74. The van der Waals surface area contributed by atoms with Crippen LogP contribution in [0.15, 0.2) is 85.1 Å². The molecule has 184 valence electrons. The number of nitrogens with one attached hydrogen (secondary N) is 1. The molecule has 0 bridgehead atoms. The number of rotatable bonds is 7. The molecule has 4 rings (SSSR count). The van der Waals surface area contributed by atoms with Gasteiger partial charge in [0.1, 0.15) is 11.9 Å². The predicted molar refractivity (Wildman–Crippen MR) is 136 cm³/mol. The minimum Gasteiger partial charge on any atom is -0.479 e. The summed E-state index contributed by atoms with van der Waals surface area (Å²) in [5, 5.41) is 26.4. The fourth-order valence-corrected chi connectivity index (χ4v) is 3.83. The Balaban J connectivity index is 1.50. The molecule has 4 aromatic rings. The summed E-state index contributed by atoms with van der Waals surface area (Å²) in [6.45, 7) is 3.06. The van der Waals surface area contributed by atoms with E-state index in [4.69, 9.17) is 4.74 Å². The maximum Gasteiger partial charge on any atom is 0.413 e. The Bertz CT molecular complexity index is 1360. The largest absolute Gasteiger partial charge is 0.479 e. The second kappa shape index (κ2) is 10.1. The van der Waals surface area contributed by atoms with Crippen LogP contribution in [0.25, 0.3) is 22.3 Å². The summed E-state index contributed by atoms with van der Waals surface area (Å²) >= 11 is 0. The molecule has 1 heterocycles. The highest BCUT2D eigenvalue weighted by molar-refractivity contribution is 5.90. The second-order valence-corrected chi connectivity index (χ2v) is 8.65. The lowest BCUT2D eigenvalue weighted by Crippen LogP contribution is -2.31. The predicted octanol–water partition coefficient (Wildman–Crippen LogP) is 5.36. The average molecular weight is 486 g/mol. The molecule has 2 atom stereocenters. The Morgan fingerprint density at radius 3 is 2.08 bits per heavy atom. The number of ether oxygens (including phenoxy) is 1. The lowest BCUT2D eigenvalue weighted by Gasteiger charge is -2.18. The Labute approximate surface area is 208 Å². The normalized spacial score (nSPS) is 13.4. The summed E-state index contributed by atoms with van der Waals surface area (Å²) in [6.07, 6.45) is 0.687. The van der Waals surface area contributed by atoms with Gasteiger partial charge in [0, 0.05) is 12.6 Å². The molecule has 8 heteroatoms. The summed E-state index contributed by atoms with van der Waals surface area (Å²) in [4.78, 5) is 23.9. The van der Waals surface area contributed by atoms with Gasteiger partial charge in [-0.1, -0.05) is 78.9 Å². The molecule has 0 saturated heterocycles.